The number of nitrogens with zero attached hydrogens (tertiary/aromatic N) is 1. The fraction of sp³-hybridized carbons (Fsp3) is 0.625. The Morgan fingerprint density at radius 1 is 0.841 bits per heavy atom. The predicted molar refractivity (Wildman–Crippen MR) is 251 cm³/mol. The number of rotatable bonds is 21. The van der Waals surface area contributed by atoms with Gasteiger partial charge in [0.2, 0.25) is 11.8 Å². The van der Waals surface area contributed by atoms with Gasteiger partial charge in [-0.1, -0.05) is 32.9 Å². The fourth-order valence-corrected chi connectivity index (χ4v) is 7.56. The van der Waals surface area contributed by atoms with E-state index in [-0.39, 0.29) is 41.4 Å². The van der Waals surface area contributed by atoms with Gasteiger partial charge < -0.3 is 47.0 Å². The van der Waals surface area contributed by atoms with Crippen LogP contribution >= 0.6 is 0 Å². The molecule has 0 aromatic heterocycles. The van der Waals surface area contributed by atoms with Crippen LogP contribution in [0.4, 0.5) is 0 Å². The summed E-state index contributed by atoms with van der Waals surface area (Å²) in [4.78, 5) is 38.2. The Hall–Kier alpha value is -4.47. The Bertz CT molecular complexity index is 1870. The van der Waals surface area contributed by atoms with Crippen LogP contribution in [0.3, 0.4) is 0 Å². The summed E-state index contributed by atoms with van der Waals surface area (Å²) in [5.41, 5.74) is 30.2. The van der Waals surface area contributed by atoms with E-state index in [1.54, 1.807) is 0 Å². The third-order valence-corrected chi connectivity index (χ3v) is 11.5. The van der Waals surface area contributed by atoms with Gasteiger partial charge in [-0.2, -0.15) is 0 Å². The number of nitrogens with one attached hydrogen (secondary N) is 1. The summed E-state index contributed by atoms with van der Waals surface area (Å²) in [7, 11) is 0. The average Bonchev–Trinajstić information content (AvgIpc) is 3.99. The number of esters is 1. The molecular weight excluding hydrogens is 821 g/mol. The van der Waals surface area contributed by atoms with E-state index in [1.807, 2.05) is 58.9 Å². The van der Waals surface area contributed by atoms with E-state index in [0.717, 1.165) is 66.7 Å². The summed E-state index contributed by atoms with van der Waals surface area (Å²) in [6.07, 6.45) is 10.8. The second-order valence-electron chi connectivity index (χ2n) is 18.7. The summed E-state index contributed by atoms with van der Waals surface area (Å²) in [6, 6.07) is 7.36. The molecule has 2 aliphatic carbocycles. The van der Waals surface area contributed by atoms with Gasteiger partial charge in [-0.05, 0) is 179 Å². The topological polar surface area (TPSA) is 248 Å². The number of hydrogen-bond donors (Lipinski definition) is 5. The molecule has 2 aromatic carbocycles. The van der Waals surface area contributed by atoms with Gasteiger partial charge in [0.05, 0.1) is 25.4 Å². The number of carbonyl (C=O) groups is 3. The largest absolute Gasteiger partial charge is 0.768 e. The molecule has 0 heterocycles. The zero-order valence-corrected chi connectivity index (χ0v) is 40.4. The van der Waals surface area contributed by atoms with Crippen molar-refractivity contribution < 1.29 is 37.4 Å². The van der Waals surface area contributed by atoms with E-state index >= 15 is 0 Å². The average molecular weight is 898 g/mol. The summed E-state index contributed by atoms with van der Waals surface area (Å²) < 4.78 is 39.5. The van der Waals surface area contributed by atoms with Gasteiger partial charge in [0.1, 0.15) is 12.4 Å². The van der Waals surface area contributed by atoms with Crippen LogP contribution < -0.4 is 33.0 Å². The molecule has 63 heavy (non-hydrogen) atoms. The van der Waals surface area contributed by atoms with Crippen LogP contribution in [0, 0.1) is 26.2 Å². The highest BCUT2D eigenvalue weighted by Crippen LogP contribution is 2.47. The molecule has 2 aliphatic rings. The van der Waals surface area contributed by atoms with E-state index in [0.29, 0.717) is 62.8 Å². The summed E-state index contributed by atoms with van der Waals surface area (Å²) in [6.45, 7) is 20.8. The molecule has 0 radical (unpaired) electrons. The quantitative estimate of drug-likeness (QED) is 0.0275. The molecule has 2 aromatic rings. The molecule has 2 amide bonds. The first-order valence-electron chi connectivity index (χ1n) is 22.3. The summed E-state index contributed by atoms with van der Waals surface area (Å²) in [5.74, 6) is 0.905. The van der Waals surface area contributed by atoms with E-state index in [1.165, 1.54) is 41.5 Å². The second kappa shape index (κ2) is 27.0. The van der Waals surface area contributed by atoms with Crippen molar-refractivity contribution in [1.29, 1.82) is 0 Å². The molecular formula is C48H77N6O8S-. The smallest absolute Gasteiger partial charge is 0.306 e. The lowest BCUT2D eigenvalue weighted by atomic mass is 9.81. The SMILES string of the molecule is CC(C)(C)OCCC(=O)NCC(N)=C1CCC1.Cc1c(C)c(S(=O)[O-])c(C)c(CC(C)(C)C)c1C1CC1.NC(=O)CCCCOc1ccc(COC(=O)CCCCN=C(N)N)cc1. The third kappa shape index (κ3) is 22.6. The predicted octanol–water partition coefficient (Wildman–Crippen LogP) is 7.23. The molecule has 2 saturated carbocycles. The minimum Gasteiger partial charge on any atom is -0.768 e. The first-order valence-corrected chi connectivity index (χ1v) is 23.4. The van der Waals surface area contributed by atoms with Crippen molar-refractivity contribution in [3.63, 3.8) is 0 Å². The van der Waals surface area contributed by atoms with Gasteiger partial charge in [-0.25, -0.2) is 0 Å². The molecule has 4 rings (SSSR count). The van der Waals surface area contributed by atoms with Crippen molar-refractivity contribution in [2.24, 2.45) is 33.3 Å². The Morgan fingerprint density at radius 3 is 2.00 bits per heavy atom. The zero-order valence-electron chi connectivity index (χ0n) is 39.5. The molecule has 0 spiro atoms. The van der Waals surface area contributed by atoms with Crippen molar-refractivity contribution >= 4 is 34.8 Å². The van der Waals surface area contributed by atoms with Crippen LogP contribution in [0.5, 0.6) is 5.75 Å². The Morgan fingerprint density at radius 2 is 1.48 bits per heavy atom. The van der Waals surface area contributed by atoms with Crippen molar-refractivity contribution in [3.05, 3.63) is 68.9 Å². The Balaban J connectivity index is 0.000000333. The van der Waals surface area contributed by atoms with Crippen LogP contribution in [0.1, 0.15) is 158 Å². The maximum Gasteiger partial charge on any atom is 0.306 e. The molecule has 1 atom stereocenters. The van der Waals surface area contributed by atoms with Gasteiger partial charge >= 0.3 is 5.97 Å². The lowest BCUT2D eigenvalue weighted by molar-refractivity contribution is -0.145. The first kappa shape index (κ1) is 54.7. The molecule has 15 heteroatoms. The second-order valence-corrected chi connectivity index (χ2v) is 19.5. The van der Waals surface area contributed by atoms with Gasteiger partial charge in [0.25, 0.3) is 0 Å². The molecule has 1 unspecified atom stereocenters. The number of guanidine groups is 1. The Labute approximate surface area is 379 Å². The van der Waals surface area contributed by atoms with Crippen LogP contribution in [0.2, 0.25) is 0 Å². The number of amides is 2. The maximum absolute atomic E-state index is 11.7. The normalized spacial score (nSPS) is 13.8. The number of ether oxygens (including phenoxy) is 3. The number of aliphatic imine (C=N–C) groups is 1. The monoisotopic (exact) mass is 898 g/mol. The zero-order chi connectivity index (χ0) is 47.3. The molecule has 0 saturated heterocycles. The minimum absolute atomic E-state index is 0.00266. The number of unbranched alkanes of at least 4 members (excludes halogenated alkanes) is 2. The van der Waals surface area contributed by atoms with Crippen LogP contribution in [-0.2, 0) is 48.0 Å². The molecule has 0 aliphatic heterocycles. The number of carbonyl (C=O) groups excluding carboxylic acids is 3. The van der Waals surface area contributed by atoms with E-state index in [2.05, 4.69) is 38.0 Å². The molecule has 9 N–H and O–H groups in total. The van der Waals surface area contributed by atoms with Crippen LogP contribution in [0.15, 0.2) is 45.4 Å². The van der Waals surface area contributed by atoms with Gasteiger partial charge in [0, 0.05) is 36.4 Å². The number of primary amides is 1. The molecule has 354 valence electrons. The molecule has 2 fully saturated rings. The first-order chi connectivity index (χ1) is 29.5. The summed E-state index contributed by atoms with van der Waals surface area (Å²) in [5, 5.41) is 2.82. The molecule has 14 nitrogen and oxygen atoms in total. The van der Waals surface area contributed by atoms with E-state index in [4.69, 9.17) is 37.1 Å². The number of benzene rings is 2. The van der Waals surface area contributed by atoms with Crippen molar-refractivity contribution in [2.75, 3.05) is 26.3 Å². The highest BCUT2D eigenvalue weighted by molar-refractivity contribution is 7.79. The van der Waals surface area contributed by atoms with Crippen LogP contribution in [0.25, 0.3) is 0 Å². The minimum atomic E-state index is -2.15. The third-order valence-electron chi connectivity index (χ3n) is 10.5. The fourth-order valence-electron chi connectivity index (χ4n) is 6.78. The van der Waals surface area contributed by atoms with Crippen molar-refractivity contribution in [2.45, 2.75) is 169 Å². The Kier molecular flexibility index (Phi) is 23.4. The van der Waals surface area contributed by atoms with E-state index in [9.17, 15) is 23.1 Å². The number of nitrogens with two attached hydrogens (primary N) is 4. The summed E-state index contributed by atoms with van der Waals surface area (Å²) >= 11 is -2.15. The van der Waals surface area contributed by atoms with Crippen molar-refractivity contribution in [3.8, 4) is 5.75 Å². The standard InChI is InChI=1S/C18H28N4O4.C17H26O2S.C13H24N2O2/c19-16(23)5-2-4-12-25-15-9-7-14(8-10-15)13-26-17(24)6-1-3-11-22-18(20)21;1-10-11(2)16(20(18)19)12(3)14(9-17(4,5)6)15(10)13-7-8-13;1-13(2,3)17-8-7-12(16)15-9-11(14)10-5-4-6-10/h7-10H,1-6,11-13H2,(H2,19,23)(H4,20,21,22);13H,7-9H2,1-6H3,(H,18,19);4-9,14H2,1-3H3,(H,15,16)/p-1. The maximum atomic E-state index is 11.7. The number of hydrogen-bond acceptors (Lipinski definition) is 10. The highest BCUT2D eigenvalue weighted by Gasteiger charge is 2.32. The van der Waals surface area contributed by atoms with Gasteiger partial charge in [-0.3, -0.25) is 23.6 Å². The lowest BCUT2D eigenvalue weighted by Gasteiger charge is -2.27. The van der Waals surface area contributed by atoms with E-state index < -0.39 is 11.1 Å². The van der Waals surface area contributed by atoms with Crippen LogP contribution in [-0.4, -0.2) is 64.4 Å². The molecule has 0 bridgehead atoms. The highest BCUT2D eigenvalue weighted by atomic mass is 32.2. The van der Waals surface area contributed by atoms with Crippen molar-refractivity contribution in [1.82, 2.24) is 5.32 Å². The number of allylic oxidation sites excluding steroid dienone is 1. The van der Waals surface area contributed by atoms with Gasteiger partial charge in [-0.15, -0.1) is 0 Å². The lowest BCUT2D eigenvalue weighted by Crippen LogP contribution is -2.31. The van der Waals surface area contributed by atoms with Gasteiger partial charge in [0.15, 0.2) is 5.96 Å².